The van der Waals surface area contributed by atoms with Crippen LogP contribution in [0.5, 0.6) is 0 Å². The minimum atomic E-state index is 0.496. The smallest absolute Gasteiger partial charge is 0.0585 e. The summed E-state index contributed by atoms with van der Waals surface area (Å²) in [5, 5.41) is 0.594. The van der Waals surface area contributed by atoms with E-state index in [0.29, 0.717) is 21.2 Å². The number of hydrogen-bond donors (Lipinski definition) is 1. The van der Waals surface area contributed by atoms with Gasteiger partial charge in [0, 0.05) is 9.17 Å². The molecule has 4 unspecified atom stereocenters. The van der Waals surface area contributed by atoms with Gasteiger partial charge >= 0.3 is 0 Å². The van der Waals surface area contributed by atoms with Crippen molar-refractivity contribution in [2.24, 2.45) is 5.92 Å². The van der Waals surface area contributed by atoms with Crippen molar-refractivity contribution < 1.29 is 4.74 Å². The first kappa shape index (κ1) is 12.1. The lowest BCUT2D eigenvalue weighted by Crippen LogP contribution is -2.29. The standard InChI is InChI=1S/C10H19IOS/c1-7-5-9(3-4-10(7)13)12-6-8(2)11/h7-10,13H,3-6H2,1-2H3. The van der Waals surface area contributed by atoms with Crippen LogP contribution >= 0.6 is 35.2 Å². The van der Waals surface area contributed by atoms with E-state index in [1.807, 2.05) is 0 Å². The van der Waals surface area contributed by atoms with Gasteiger partial charge in [0.2, 0.25) is 0 Å². The second-order valence-corrected chi connectivity index (χ2v) is 6.88. The average molecular weight is 314 g/mol. The molecule has 0 N–H and O–H groups in total. The summed E-state index contributed by atoms with van der Waals surface area (Å²) < 4.78 is 6.45. The van der Waals surface area contributed by atoms with Crippen LogP contribution in [0.25, 0.3) is 0 Å². The number of thiol groups is 1. The van der Waals surface area contributed by atoms with E-state index in [2.05, 4.69) is 49.1 Å². The number of ether oxygens (including phenoxy) is 1. The van der Waals surface area contributed by atoms with Gasteiger partial charge in [-0.25, -0.2) is 0 Å². The highest BCUT2D eigenvalue weighted by Crippen LogP contribution is 2.29. The molecule has 4 atom stereocenters. The number of rotatable bonds is 3. The van der Waals surface area contributed by atoms with Crippen LogP contribution in [0, 0.1) is 5.92 Å². The summed E-state index contributed by atoms with van der Waals surface area (Å²) in [5.41, 5.74) is 0. The van der Waals surface area contributed by atoms with Crippen LogP contribution in [0.3, 0.4) is 0 Å². The molecule has 1 nitrogen and oxygen atoms in total. The van der Waals surface area contributed by atoms with Gasteiger partial charge in [0.25, 0.3) is 0 Å². The van der Waals surface area contributed by atoms with E-state index in [-0.39, 0.29) is 0 Å². The van der Waals surface area contributed by atoms with Crippen molar-refractivity contribution in [3.05, 3.63) is 0 Å². The second kappa shape index (κ2) is 5.81. The van der Waals surface area contributed by atoms with Crippen LogP contribution in [0.15, 0.2) is 0 Å². The van der Waals surface area contributed by atoms with E-state index in [4.69, 9.17) is 4.74 Å². The maximum absolute atomic E-state index is 5.82. The van der Waals surface area contributed by atoms with Crippen LogP contribution in [0.2, 0.25) is 0 Å². The molecule has 0 amide bonds. The van der Waals surface area contributed by atoms with Crippen LogP contribution in [0.4, 0.5) is 0 Å². The van der Waals surface area contributed by atoms with Gasteiger partial charge in [-0.2, -0.15) is 12.6 Å². The van der Waals surface area contributed by atoms with Gasteiger partial charge in [0.1, 0.15) is 0 Å². The zero-order chi connectivity index (χ0) is 9.84. The molecule has 1 aliphatic rings. The lowest BCUT2D eigenvalue weighted by atomic mass is 9.88. The van der Waals surface area contributed by atoms with Gasteiger partial charge in [-0.3, -0.25) is 0 Å². The normalized spacial score (nSPS) is 37.4. The first-order valence-corrected chi connectivity index (χ1v) is 6.79. The Labute approximate surface area is 101 Å². The summed E-state index contributed by atoms with van der Waals surface area (Å²) in [6.45, 7) is 5.37. The van der Waals surface area contributed by atoms with Gasteiger partial charge in [0.15, 0.2) is 0 Å². The first-order chi connectivity index (χ1) is 6.09. The topological polar surface area (TPSA) is 9.23 Å². The lowest BCUT2D eigenvalue weighted by Gasteiger charge is -2.31. The lowest BCUT2D eigenvalue weighted by molar-refractivity contribution is 0.0209. The van der Waals surface area contributed by atoms with Crippen LogP contribution < -0.4 is 0 Å². The zero-order valence-corrected chi connectivity index (χ0v) is 11.4. The predicted molar refractivity (Wildman–Crippen MR) is 69.0 cm³/mol. The Morgan fingerprint density at radius 1 is 1.54 bits per heavy atom. The molecule has 0 spiro atoms. The molecular formula is C10H19IOS. The molecule has 1 saturated carbocycles. The zero-order valence-electron chi connectivity index (χ0n) is 8.37. The number of hydrogen-bond acceptors (Lipinski definition) is 2. The summed E-state index contributed by atoms with van der Waals surface area (Å²) in [7, 11) is 0. The molecule has 0 bridgehead atoms. The van der Waals surface area contributed by atoms with Crippen molar-refractivity contribution in [3.8, 4) is 0 Å². The average Bonchev–Trinajstić information content (AvgIpc) is 2.07. The van der Waals surface area contributed by atoms with Crippen molar-refractivity contribution in [2.45, 2.75) is 48.4 Å². The van der Waals surface area contributed by atoms with Gasteiger partial charge < -0.3 is 4.74 Å². The maximum atomic E-state index is 5.82. The predicted octanol–water partition coefficient (Wildman–Crippen LogP) is 3.31. The van der Waals surface area contributed by atoms with Gasteiger partial charge in [-0.15, -0.1) is 0 Å². The van der Waals surface area contributed by atoms with Crippen LogP contribution in [-0.4, -0.2) is 21.9 Å². The molecule has 1 rings (SSSR count). The molecule has 0 aromatic carbocycles. The number of alkyl halides is 1. The van der Waals surface area contributed by atoms with Crippen molar-refractivity contribution in [3.63, 3.8) is 0 Å². The fourth-order valence-corrected chi connectivity index (χ4v) is 2.23. The summed E-state index contributed by atoms with van der Waals surface area (Å²) in [5.74, 6) is 0.714. The Morgan fingerprint density at radius 3 is 2.77 bits per heavy atom. The van der Waals surface area contributed by atoms with Gasteiger partial charge in [0.05, 0.1) is 12.7 Å². The summed E-state index contributed by atoms with van der Waals surface area (Å²) in [4.78, 5) is 0. The maximum Gasteiger partial charge on any atom is 0.0585 e. The van der Waals surface area contributed by atoms with Crippen molar-refractivity contribution in [2.75, 3.05) is 6.61 Å². The summed E-state index contributed by atoms with van der Waals surface area (Å²) in [6.07, 6.45) is 4.10. The monoisotopic (exact) mass is 314 g/mol. The largest absolute Gasteiger partial charge is 0.377 e. The Bertz CT molecular complexity index is 152. The third-order valence-corrected chi connectivity index (χ3v) is 3.76. The highest BCUT2D eigenvalue weighted by molar-refractivity contribution is 14.1. The molecule has 0 aliphatic heterocycles. The fraction of sp³-hybridized carbons (Fsp3) is 1.00. The molecule has 0 heterocycles. The third kappa shape index (κ3) is 4.38. The molecule has 0 aromatic rings. The summed E-state index contributed by atoms with van der Waals surface area (Å²) >= 11 is 6.96. The molecule has 3 heteroatoms. The highest BCUT2D eigenvalue weighted by atomic mass is 127. The summed E-state index contributed by atoms with van der Waals surface area (Å²) in [6, 6.07) is 0. The molecule has 1 fully saturated rings. The SMILES string of the molecule is CC(I)COC1CCC(S)C(C)C1. The third-order valence-electron chi connectivity index (χ3n) is 2.64. The van der Waals surface area contributed by atoms with Gasteiger partial charge in [-0.1, -0.05) is 36.4 Å². The molecule has 78 valence electrons. The van der Waals surface area contributed by atoms with Crippen molar-refractivity contribution >= 4 is 35.2 Å². The van der Waals surface area contributed by atoms with Crippen LogP contribution in [0.1, 0.15) is 33.1 Å². The second-order valence-electron chi connectivity index (χ2n) is 4.09. The molecular weight excluding hydrogens is 295 g/mol. The first-order valence-electron chi connectivity index (χ1n) is 5.03. The Hall–Kier alpha value is 1.04. The highest BCUT2D eigenvalue weighted by Gasteiger charge is 2.25. The molecule has 0 saturated heterocycles. The van der Waals surface area contributed by atoms with Gasteiger partial charge in [-0.05, 0) is 25.2 Å². The minimum Gasteiger partial charge on any atom is -0.377 e. The van der Waals surface area contributed by atoms with E-state index < -0.39 is 0 Å². The van der Waals surface area contributed by atoms with Crippen LogP contribution in [-0.2, 0) is 4.74 Å². The molecule has 0 radical (unpaired) electrons. The van der Waals surface area contributed by atoms with E-state index in [1.54, 1.807) is 0 Å². The fourth-order valence-electron chi connectivity index (χ4n) is 1.75. The quantitative estimate of drug-likeness (QED) is 0.478. The number of halogens is 1. The molecule has 1 aliphatic carbocycles. The minimum absolute atomic E-state index is 0.496. The Balaban J connectivity index is 2.21. The van der Waals surface area contributed by atoms with Crippen molar-refractivity contribution in [1.29, 1.82) is 0 Å². The Kier molecular flexibility index (Phi) is 5.41. The van der Waals surface area contributed by atoms with Crippen molar-refractivity contribution in [1.82, 2.24) is 0 Å². The van der Waals surface area contributed by atoms with E-state index in [9.17, 15) is 0 Å². The van der Waals surface area contributed by atoms with E-state index in [1.165, 1.54) is 19.3 Å². The van der Waals surface area contributed by atoms with E-state index >= 15 is 0 Å². The molecule has 13 heavy (non-hydrogen) atoms. The Morgan fingerprint density at radius 2 is 2.23 bits per heavy atom. The molecule has 0 aromatic heterocycles. The van der Waals surface area contributed by atoms with E-state index in [0.717, 1.165) is 6.61 Å².